The third kappa shape index (κ3) is 1.62. The van der Waals surface area contributed by atoms with Gasteiger partial charge in [-0.1, -0.05) is 12.1 Å². The summed E-state index contributed by atoms with van der Waals surface area (Å²) in [5.74, 6) is 0.714. The van der Waals surface area contributed by atoms with Gasteiger partial charge in [0.15, 0.2) is 0 Å². The largest absolute Gasteiger partial charge is 0.391 e. The van der Waals surface area contributed by atoms with E-state index in [1.54, 1.807) is 6.92 Å². The first-order valence-electron chi connectivity index (χ1n) is 4.96. The summed E-state index contributed by atoms with van der Waals surface area (Å²) >= 11 is 0. The Kier molecular flexibility index (Phi) is 2.46. The van der Waals surface area contributed by atoms with E-state index < -0.39 is 12.1 Å². The minimum atomic E-state index is -0.597. The molecule has 1 aromatic heterocycles. The number of benzene rings is 1. The number of aliphatic hydroxyl groups is 1. The summed E-state index contributed by atoms with van der Waals surface area (Å²) in [5, 5.41) is 9.45. The van der Waals surface area contributed by atoms with E-state index in [0.717, 1.165) is 11.0 Å². The van der Waals surface area contributed by atoms with Gasteiger partial charge in [-0.25, -0.2) is 4.98 Å². The van der Waals surface area contributed by atoms with Crippen molar-refractivity contribution in [3.63, 3.8) is 0 Å². The van der Waals surface area contributed by atoms with Crippen molar-refractivity contribution in [3.8, 4) is 0 Å². The predicted octanol–water partition coefficient (Wildman–Crippen LogP) is 0.954. The van der Waals surface area contributed by atoms with Gasteiger partial charge >= 0.3 is 0 Å². The number of aryl methyl sites for hydroxylation is 1. The van der Waals surface area contributed by atoms with Crippen molar-refractivity contribution in [2.75, 3.05) is 0 Å². The van der Waals surface area contributed by atoms with Crippen molar-refractivity contribution in [1.29, 1.82) is 0 Å². The van der Waals surface area contributed by atoms with Gasteiger partial charge in [-0.3, -0.25) is 0 Å². The molecule has 3 N–H and O–H groups in total. The van der Waals surface area contributed by atoms with Gasteiger partial charge in [0.05, 0.1) is 23.2 Å². The molecule has 0 fully saturated rings. The minimum absolute atomic E-state index is 0.442. The van der Waals surface area contributed by atoms with Gasteiger partial charge in [-0.2, -0.15) is 0 Å². The molecule has 0 radical (unpaired) electrons. The van der Waals surface area contributed by atoms with Crippen LogP contribution < -0.4 is 5.73 Å². The topological polar surface area (TPSA) is 64.1 Å². The summed E-state index contributed by atoms with van der Waals surface area (Å²) < 4.78 is 1.92. The highest BCUT2D eigenvalue weighted by Gasteiger charge is 2.18. The van der Waals surface area contributed by atoms with E-state index in [9.17, 15) is 5.11 Å². The maximum absolute atomic E-state index is 9.45. The van der Waals surface area contributed by atoms with Crippen LogP contribution in [0.5, 0.6) is 0 Å². The molecule has 15 heavy (non-hydrogen) atoms. The maximum atomic E-state index is 9.45. The average molecular weight is 205 g/mol. The minimum Gasteiger partial charge on any atom is -0.391 e. The molecule has 1 aromatic carbocycles. The Bertz CT molecular complexity index is 476. The molecule has 0 unspecified atom stereocenters. The lowest BCUT2D eigenvalue weighted by Gasteiger charge is -2.14. The van der Waals surface area contributed by atoms with Crippen LogP contribution in [0.15, 0.2) is 24.3 Å². The monoisotopic (exact) mass is 205 g/mol. The smallest absolute Gasteiger partial charge is 0.129 e. The van der Waals surface area contributed by atoms with Gasteiger partial charge < -0.3 is 15.4 Å². The Morgan fingerprint density at radius 1 is 1.40 bits per heavy atom. The Labute approximate surface area is 88.3 Å². The van der Waals surface area contributed by atoms with Crippen LogP contribution in [0.2, 0.25) is 0 Å². The van der Waals surface area contributed by atoms with Gasteiger partial charge in [-0.05, 0) is 19.1 Å². The van der Waals surface area contributed by atoms with E-state index >= 15 is 0 Å². The molecule has 2 atom stereocenters. The number of para-hydroxylation sites is 2. The van der Waals surface area contributed by atoms with Gasteiger partial charge in [0.25, 0.3) is 0 Å². The number of aliphatic hydroxyl groups excluding tert-OH is 1. The molecule has 0 aliphatic heterocycles. The van der Waals surface area contributed by atoms with Crippen molar-refractivity contribution in [1.82, 2.24) is 9.55 Å². The first-order chi connectivity index (χ1) is 7.11. The zero-order valence-electron chi connectivity index (χ0n) is 8.88. The lowest BCUT2D eigenvalue weighted by atomic mass is 10.2. The SMILES string of the molecule is C[C@@H](O)[C@H](N)c1nc2ccccc2n1C. The number of fused-ring (bicyclic) bond motifs is 1. The van der Waals surface area contributed by atoms with E-state index in [1.807, 2.05) is 35.9 Å². The van der Waals surface area contributed by atoms with E-state index in [0.29, 0.717) is 5.82 Å². The average Bonchev–Trinajstić information content (AvgIpc) is 2.56. The fourth-order valence-corrected chi connectivity index (χ4v) is 1.68. The Morgan fingerprint density at radius 3 is 2.67 bits per heavy atom. The summed E-state index contributed by atoms with van der Waals surface area (Å²) in [4.78, 5) is 4.41. The molecule has 0 spiro atoms. The molecule has 4 heteroatoms. The molecular weight excluding hydrogens is 190 g/mol. The molecule has 0 amide bonds. The number of nitrogens with two attached hydrogens (primary N) is 1. The zero-order chi connectivity index (χ0) is 11.0. The molecule has 4 nitrogen and oxygen atoms in total. The Balaban J connectivity index is 2.58. The lowest BCUT2D eigenvalue weighted by molar-refractivity contribution is 0.159. The van der Waals surface area contributed by atoms with Crippen LogP contribution in [0, 0.1) is 0 Å². The van der Waals surface area contributed by atoms with Crippen LogP contribution >= 0.6 is 0 Å². The van der Waals surface area contributed by atoms with Crippen LogP contribution in [0.3, 0.4) is 0 Å². The van der Waals surface area contributed by atoms with Gasteiger partial charge in [0, 0.05) is 7.05 Å². The number of imidazole rings is 1. The van der Waals surface area contributed by atoms with Crippen molar-refractivity contribution < 1.29 is 5.11 Å². The van der Waals surface area contributed by atoms with Crippen molar-refractivity contribution in [3.05, 3.63) is 30.1 Å². The van der Waals surface area contributed by atoms with Crippen LogP contribution in [0.25, 0.3) is 11.0 Å². The number of hydrogen-bond donors (Lipinski definition) is 2. The molecule has 2 rings (SSSR count). The van der Waals surface area contributed by atoms with Gasteiger partial charge in [0.2, 0.25) is 0 Å². The van der Waals surface area contributed by atoms with E-state index in [-0.39, 0.29) is 0 Å². The summed E-state index contributed by atoms with van der Waals surface area (Å²) in [6.07, 6.45) is -0.597. The quantitative estimate of drug-likeness (QED) is 0.767. The van der Waals surface area contributed by atoms with Crippen molar-refractivity contribution >= 4 is 11.0 Å². The van der Waals surface area contributed by atoms with Crippen LogP contribution in [-0.2, 0) is 7.05 Å². The number of nitrogens with zero attached hydrogens (tertiary/aromatic N) is 2. The maximum Gasteiger partial charge on any atom is 0.129 e. The first-order valence-corrected chi connectivity index (χ1v) is 4.96. The van der Waals surface area contributed by atoms with E-state index in [2.05, 4.69) is 4.98 Å². The van der Waals surface area contributed by atoms with E-state index in [4.69, 9.17) is 5.73 Å². The molecule has 0 saturated heterocycles. The standard InChI is InChI=1S/C11H15N3O/c1-7(15)10(12)11-13-8-5-3-4-6-9(8)14(11)2/h3-7,10,15H,12H2,1-2H3/t7-,10+/m1/s1. The Hall–Kier alpha value is -1.39. The number of rotatable bonds is 2. The summed E-state index contributed by atoms with van der Waals surface area (Å²) in [6.45, 7) is 1.67. The lowest BCUT2D eigenvalue weighted by Crippen LogP contribution is -2.26. The molecule has 0 aliphatic rings. The number of aromatic nitrogens is 2. The normalized spacial score (nSPS) is 15.5. The molecule has 2 aromatic rings. The summed E-state index contributed by atoms with van der Waals surface area (Å²) in [5.41, 5.74) is 7.81. The summed E-state index contributed by atoms with van der Waals surface area (Å²) in [7, 11) is 1.91. The van der Waals surface area contributed by atoms with Crippen LogP contribution in [0.1, 0.15) is 18.8 Å². The molecular formula is C11H15N3O. The highest BCUT2D eigenvalue weighted by Crippen LogP contribution is 2.19. The molecule has 0 aliphatic carbocycles. The first kappa shape index (κ1) is 10.1. The molecule has 80 valence electrons. The number of hydrogen-bond acceptors (Lipinski definition) is 3. The summed E-state index contributed by atoms with van der Waals surface area (Å²) in [6, 6.07) is 7.38. The van der Waals surface area contributed by atoms with Crippen LogP contribution in [0.4, 0.5) is 0 Å². The molecule has 1 heterocycles. The van der Waals surface area contributed by atoms with Crippen molar-refractivity contribution in [2.45, 2.75) is 19.1 Å². The van der Waals surface area contributed by atoms with Gasteiger partial charge in [0.1, 0.15) is 5.82 Å². The second-order valence-electron chi connectivity index (χ2n) is 3.78. The highest BCUT2D eigenvalue weighted by molar-refractivity contribution is 5.75. The Morgan fingerprint density at radius 2 is 2.07 bits per heavy atom. The predicted molar refractivity (Wildman–Crippen MR) is 59.3 cm³/mol. The van der Waals surface area contributed by atoms with Crippen molar-refractivity contribution in [2.24, 2.45) is 12.8 Å². The third-order valence-corrected chi connectivity index (χ3v) is 2.64. The second-order valence-corrected chi connectivity index (χ2v) is 3.78. The second kappa shape index (κ2) is 3.64. The van der Waals surface area contributed by atoms with Crippen LogP contribution in [-0.4, -0.2) is 20.8 Å². The fourth-order valence-electron chi connectivity index (χ4n) is 1.68. The van der Waals surface area contributed by atoms with E-state index in [1.165, 1.54) is 0 Å². The molecule has 0 bridgehead atoms. The fraction of sp³-hybridized carbons (Fsp3) is 0.364. The molecule has 0 saturated carbocycles. The highest BCUT2D eigenvalue weighted by atomic mass is 16.3. The van der Waals surface area contributed by atoms with Gasteiger partial charge in [-0.15, -0.1) is 0 Å². The zero-order valence-corrected chi connectivity index (χ0v) is 8.88. The third-order valence-electron chi connectivity index (χ3n) is 2.64.